The van der Waals surface area contributed by atoms with Crippen molar-refractivity contribution in [2.24, 2.45) is 11.7 Å². The van der Waals surface area contributed by atoms with Crippen molar-refractivity contribution in [1.29, 1.82) is 0 Å². The van der Waals surface area contributed by atoms with Crippen molar-refractivity contribution in [3.05, 3.63) is 18.3 Å². The fourth-order valence-corrected chi connectivity index (χ4v) is 3.87. The molecule has 1 aromatic heterocycles. The Morgan fingerprint density at radius 3 is 2.57 bits per heavy atom. The molecule has 3 N–H and O–H groups in total. The highest BCUT2D eigenvalue weighted by Crippen LogP contribution is 2.28. The van der Waals surface area contributed by atoms with Gasteiger partial charge in [-0.15, -0.1) is 12.4 Å². The second-order valence-electron chi connectivity index (χ2n) is 5.04. The van der Waals surface area contributed by atoms with Crippen LogP contribution in [0.2, 0.25) is 0 Å². The third kappa shape index (κ3) is 4.54. The molecule has 120 valence electrons. The van der Waals surface area contributed by atoms with E-state index >= 15 is 0 Å². The molecule has 8 heteroatoms. The molecule has 6 nitrogen and oxygen atoms in total. The Morgan fingerprint density at radius 2 is 2.10 bits per heavy atom. The van der Waals surface area contributed by atoms with Gasteiger partial charge in [-0.3, -0.25) is 0 Å². The first-order chi connectivity index (χ1) is 9.56. The van der Waals surface area contributed by atoms with Gasteiger partial charge >= 0.3 is 0 Å². The molecular weight excluding hydrogens is 314 g/mol. The zero-order valence-electron chi connectivity index (χ0n) is 12.0. The standard InChI is InChI=1S/C13H21N3O3S.ClH/c1-19-13-7-6-11(9-15-13)20(17,18)16-12(8-14)10-4-2-3-5-10;/h6-7,9-10,12,16H,2-5,8,14H2,1H3;1H. The Bertz CT molecular complexity index is 530. The number of nitrogens with two attached hydrogens (primary N) is 1. The highest BCUT2D eigenvalue weighted by atomic mass is 35.5. The monoisotopic (exact) mass is 335 g/mol. The Balaban J connectivity index is 0.00000220. The molecule has 1 saturated carbocycles. The summed E-state index contributed by atoms with van der Waals surface area (Å²) in [5.74, 6) is 0.719. The number of hydrogen-bond donors (Lipinski definition) is 2. The molecule has 1 unspecified atom stereocenters. The van der Waals surface area contributed by atoms with Crippen molar-refractivity contribution in [2.75, 3.05) is 13.7 Å². The van der Waals surface area contributed by atoms with Crippen LogP contribution in [-0.2, 0) is 10.0 Å². The molecule has 0 amide bonds. The predicted octanol–water partition coefficient (Wildman–Crippen LogP) is 1.31. The van der Waals surface area contributed by atoms with E-state index in [1.165, 1.54) is 25.4 Å². The minimum atomic E-state index is -3.58. The molecule has 1 aromatic rings. The largest absolute Gasteiger partial charge is 0.481 e. The lowest BCUT2D eigenvalue weighted by Crippen LogP contribution is -2.44. The van der Waals surface area contributed by atoms with Crippen LogP contribution in [0.25, 0.3) is 0 Å². The van der Waals surface area contributed by atoms with Gasteiger partial charge in [-0.25, -0.2) is 18.1 Å². The summed E-state index contributed by atoms with van der Waals surface area (Å²) < 4.78 is 32.2. The molecule has 0 bridgehead atoms. The second-order valence-corrected chi connectivity index (χ2v) is 6.76. The Morgan fingerprint density at radius 1 is 1.43 bits per heavy atom. The molecule has 0 aliphatic heterocycles. The molecule has 0 spiro atoms. The van der Waals surface area contributed by atoms with Crippen LogP contribution < -0.4 is 15.2 Å². The lowest BCUT2D eigenvalue weighted by molar-refractivity contribution is 0.396. The SMILES string of the molecule is COc1ccc(S(=O)(=O)NC(CN)C2CCCC2)cn1.Cl. The number of hydrogen-bond acceptors (Lipinski definition) is 5. The average Bonchev–Trinajstić information content (AvgIpc) is 2.99. The van der Waals surface area contributed by atoms with Crippen molar-refractivity contribution >= 4 is 22.4 Å². The van der Waals surface area contributed by atoms with E-state index in [0.29, 0.717) is 18.3 Å². The molecule has 1 aliphatic carbocycles. The summed E-state index contributed by atoms with van der Waals surface area (Å²) in [6.07, 6.45) is 5.65. The average molecular weight is 336 g/mol. The number of methoxy groups -OCH3 is 1. The maximum absolute atomic E-state index is 12.3. The smallest absolute Gasteiger partial charge is 0.242 e. The molecular formula is C13H22ClN3O3S. The van der Waals surface area contributed by atoms with E-state index in [2.05, 4.69) is 9.71 Å². The molecule has 21 heavy (non-hydrogen) atoms. The van der Waals surface area contributed by atoms with Crippen molar-refractivity contribution in [2.45, 2.75) is 36.6 Å². The number of ether oxygens (including phenoxy) is 1. The van der Waals surface area contributed by atoms with E-state index in [4.69, 9.17) is 10.5 Å². The van der Waals surface area contributed by atoms with Crippen LogP contribution >= 0.6 is 12.4 Å². The maximum atomic E-state index is 12.3. The first kappa shape index (κ1) is 18.2. The number of pyridine rings is 1. The third-order valence-electron chi connectivity index (χ3n) is 3.76. The van der Waals surface area contributed by atoms with Crippen LogP contribution in [0.5, 0.6) is 5.88 Å². The van der Waals surface area contributed by atoms with Crippen LogP contribution in [0.15, 0.2) is 23.2 Å². The van der Waals surface area contributed by atoms with Crippen LogP contribution in [0, 0.1) is 5.92 Å². The van der Waals surface area contributed by atoms with Gasteiger partial charge in [0, 0.05) is 18.7 Å². The van der Waals surface area contributed by atoms with Gasteiger partial charge in [0.05, 0.1) is 13.3 Å². The van der Waals surface area contributed by atoms with E-state index in [1.54, 1.807) is 0 Å². The van der Waals surface area contributed by atoms with E-state index in [-0.39, 0.29) is 23.3 Å². The third-order valence-corrected chi connectivity index (χ3v) is 5.23. The summed E-state index contributed by atoms with van der Waals surface area (Å²) in [5.41, 5.74) is 5.72. The van der Waals surface area contributed by atoms with Gasteiger partial charge in [0.2, 0.25) is 15.9 Å². The summed E-state index contributed by atoms with van der Waals surface area (Å²) in [5, 5.41) is 0. The highest BCUT2D eigenvalue weighted by molar-refractivity contribution is 7.89. The molecule has 0 saturated heterocycles. The zero-order valence-corrected chi connectivity index (χ0v) is 13.6. The molecule has 1 heterocycles. The Hall–Kier alpha value is -0.890. The molecule has 1 atom stereocenters. The van der Waals surface area contributed by atoms with Gasteiger partial charge in [-0.05, 0) is 24.8 Å². The van der Waals surface area contributed by atoms with E-state index in [9.17, 15) is 8.42 Å². The maximum Gasteiger partial charge on any atom is 0.242 e. The highest BCUT2D eigenvalue weighted by Gasteiger charge is 2.28. The van der Waals surface area contributed by atoms with Gasteiger partial charge in [0.25, 0.3) is 0 Å². The van der Waals surface area contributed by atoms with Crippen LogP contribution in [0.1, 0.15) is 25.7 Å². The molecule has 2 rings (SSSR count). The Labute approximate surface area is 131 Å². The fraction of sp³-hybridized carbons (Fsp3) is 0.615. The van der Waals surface area contributed by atoms with Crippen molar-refractivity contribution in [1.82, 2.24) is 9.71 Å². The Kier molecular flexibility index (Phi) is 6.86. The quantitative estimate of drug-likeness (QED) is 0.817. The van der Waals surface area contributed by atoms with Crippen LogP contribution in [0.4, 0.5) is 0 Å². The zero-order chi connectivity index (χ0) is 14.6. The number of rotatable bonds is 6. The van der Waals surface area contributed by atoms with Crippen LogP contribution in [0.3, 0.4) is 0 Å². The summed E-state index contributed by atoms with van der Waals surface area (Å²) in [6, 6.07) is 2.81. The molecule has 0 aromatic carbocycles. The van der Waals surface area contributed by atoms with E-state index in [0.717, 1.165) is 25.7 Å². The summed E-state index contributed by atoms with van der Waals surface area (Å²) in [4.78, 5) is 4.06. The lowest BCUT2D eigenvalue weighted by atomic mass is 9.99. The molecule has 1 fully saturated rings. The number of sulfonamides is 1. The summed E-state index contributed by atoms with van der Waals surface area (Å²) in [7, 11) is -2.10. The summed E-state index contributed by atoms with van der Waals surface area (Å²) in [6.45, 7) is 0.313. The lowest BCUT2D eigenvalue weighted by Gasteiger charge is -2.22. The minimum Gasteiger partial charge on any atom is -0.481 e. The number of nitrogens with one attached hydrogen (secondary N) is 1. The van der Waals surface area contributed by atoms with Gasteiger partial charge in [-0.1, -0.05) is 12.8 Å². The predicted molar refractivity (Wildman–Crippen MR) is 83.2 cm³/mol. The second kappa shape index (κ2) is 7.93. The number of nitrogens with zero attached hydrogens (tertiary/aromatic N) is 1. The minimum absolute atomic E-state index is 0. The van der Waals surface area contributed by atoms with Gasteiger partial charge < -0.3 is 10.5 Å². The summed E-state index contributed by atoms with van der Waals surface area (Å²) >= 11 is 0. The van der Waals surface area contributed by atoms with E-state index in [1.807, 2.05) is 0 Å². The van der Waals surface area contributed by atoms with Crippen molar-refractivity contribution in [3.8, 4) is 5.88 Å². The van der Waals surface area contributed by atoms with Gasteiger partial charge in [0.1, 0.15) is 4.90 Å². The molecule has 1 aliphatic rings. The normalized spacial score (nSPS) is 17.2. The first-order valence-corrected chi connectivity index (χ1v) is 8.27. The van der Waals surface area contributed by atoms with Crippen LogP contribution in [-0.4, -0.2) is 33.1 Å². The fourth-order valence-electron chi connectivity index (χ4n) is 2.61. The van der Waals surface area contributed by atoms with Crippen molar-refractivity contribution < 1.29 is 13.2 Å². The van der Waals surface area contributed by atoms with Gasteiger partial charge in [0.15, 0.2) is 0 Å². The number of halogens is 1. The topological polar surface area (TPSA) is 94.3 Å². The number of aromatic nitrogens is 1. The van der Waals surface area contributed by atoms with Crippen molar-refractivity contribution in [3.63, 3.8) is 0 Å². The van der Waals surface area contributed by atoms with E-state index < -0.39 is 10.0 Å². The first-order valence-electron chi connectivity index (χ1n) is 6.79. The molecule has 0 radical (unpaired) electrons. The van der Waals surface area contributed by atoms with Gasteiger partial charge in [-0.2, -0.15) is 0 Å².